The molecule has 0 radical (unpaired) electrons. The smallest absolute Gasteiger partial charge is 0.325 e. The molecule has 1 atom stereocenters. The first-order valence-corrected chi connectivity index (χ1v) is 5.49. The second-order valence-corrected chi connectivity index (χ2v) is 4.16. The fourth-order valence-corrected chi connectivity index (χ4v) is 1.71. The maximum atomic E-state index is 10.8. The highest BCUT2D eigenvalue weighted by Gasteiger charge is 2.11. The SMILES string of the molecule is CC(Nc1ccnc2cc(Cl)ccc12)C(=O)O. The van der Waals surface area contributed by atoms with Crippen LogP contribution in [-0.2, 0) is 4.79 Å². The van der Waals surface area contributed by atoms with Crippen molar-refractivity contribution in [2.45, 2.75) is 13.0 Å². The molecule has 0 aliphatic carbocycles. The molecule has 0 spiro atoms. The van der Waals surface area contributed by atoms with E-state index in [2.05, 4.69) is 10.3 Å². The molecule has 1 aromatic carbocycles. The predicted octanol–water partition coefficient (Wildman–Crippen LogP) is 2.77. The van der Waals surface area contributed by atoms with Gasteiger partial charge in [-0.05, 0) is 31.2 Å². The third kappa shape index (κ3) is 2.47. The largest absolute Gasteiger partial charge is 0.480 e. The third-order valence-electron chi connectivity index (χ3n) is 2.45. The molecule has 0 aliphatic heterocycles. The fraction of sp³-hybridized carbons (Fsp3) is 0.167. The molecular weight excluding hydrogens is 240 g/mol. The number of rotatable bonds is 3. The quantitative estimate of drug-likeness (QED) is 0.879. The van der Waals surface area contributed by atoms with E-state index >= 15 is 0 Å². The Hall–Kier alpha value is -1.81. The Kier molecular flexibility index (Phi) is 3.15. The number of fused-ring (bicyclic) bond motifs is 1. The number of carboxylic acids is 1. The number of halogens is 1. The zero-order chi connectivity index (χ0) is 12.4. The summed E-state index contributed by atoms with van der Waals surface area (Å²) in [5.41, 5.74) is 1.47. The average molecular weight is 251 g/mol. The summed E-state index contributed by atoms with van der Waals surface area (Å²) in [6, 6.07) is 6.41. The first-order valence-electron chi connectivity index (χ1n) is 5.11. The van der Waals surface area contributed by atoms with Gasteiger partial charge in [-0.25, -0.2) is 0 Å². The van der Waals surface area contributed by atoms with Crippen LogP contribution in [0.25, 0.3) is 10.9 Å². The van der Waals surface area contributed by atoms with E-state index < -0.39 is 12.0 Å². The van der Waals surface area contributed by atoms with Crippen LogP contribution in [0.2, 0.25) is 5.02 Å². The molecular formula is C12H11ClN2O2. The van der Waals surface area contributed by atoms with Gasteiger partial charge in [-0.1, -0.05) is 11.6 Å². The Morgan fingerprint density at radius 2 is 2.24 bits per heavy atom. The molecule has 2 N–H and O–H groups in total. The number of pyridine rings is 1. The average Bonchev–Trinajstić information content (AvgIpc) is 2.28. The highest BCUT2D eigenvalue weighted by atomic mass is 35.5. The van der Waals surface area contributed by atoms with Crippen molar-refractivity contribution in [1.29, 1.82) is 0 Å². The summed E-state index contributed by atoms with van der Waals surface area (Å²) in [4.78, 5) is 15.0. The Morgan fingerprint density at radius 1 is 1.47 bits per heavy atom. The van der Waals surface area contributed by atoms with Crippen molar-refractivity contribution in [3.05, 3.63) is 35.5 Å². The van der Waals surface area contributed by atoms with Gasteiger partial charge in [-0.3, -0.25) is 9.78 Å². The van der Waals surface area contributed by atoms with Crippen LogP contribution in [0.4, 0.5) is 5.69 Å². The van der Waals surface area contributed by atoms with Crippen LogP contribution in [0.3, 0.4) is 0 Å². The molecule has 0 aliphatic rings. The number of anilines is 1. The van der Waals surface area contributed by atoms with Crippen molar-refractivity contribution in [3.63, 3.8) is 0 Å². The summed E-state index contributed by atoms with van der Waals surface area (Å²) in [6.45, 7) is 1.59. The molecule has 1 unspecified atom stereocenters. The number of carbonyl (C=O) groups is 1. The number of nitrogens with one attached hydrogen (secondary N) is 1. The van der Waals surface area contributed by atoms with Crippen LogP contribution in [0.15, 0.2) is 30.5 Å². The Bertz CT molecular complexity index is 571. The summed E-state index contributed by atoms with van der Waals surface area (Å²) in [7, 11) is 0. The maximum absolute atomic E-state index is 10.8. The maximum Gasteiger partial charge on any atom is 0.325 e. The molecule has 0 fully saturated rings. The Morgan fingerprint density at radius 3 is 2.94 bits per heavy atom. The van der Waals surface area contributed by atoms with E-state index in [9.17, 15) is 4.79 Å². The van der Waals surface area contributed by atoms with Gasteiger partial charge in [0.15, 0.2) is 0 Å². The second-order valence-electron chi connectivity index (χ2n) is 3.72. The monoisotopic (exact) mass is 250 g/mol. The van der Waals surface area contributed by atoms with Gasteiger partial charge in [0.25, 0.3) is 0 Å². The van der Waals surface area contributed by atoms with Gasteiger partial charge in [-0.15, -0.1) is 0 Å². The number of aliphatic carboxylic acids is 1. The summed E-state index contributed by atoms with van der Waals surface area (Å²) >= 11 is 5.87. The van der Waals surface area contributed by atoms with E-state index in [0.29, 0.717) is 5.02 Å². The lowest BCUT2D eigenvalue weighted by molar-refractivity contribution is -0.137. The van der Waals surface area contributed by atoms with Crippen LogP contribution >= 0.6 is 11.6 Å². The number of benzene rings is 1. The molecule has 2 rings (SSSR count). The van der Waals surface area contributed by atoms with E-state index in [1.807, 2.05) is 6.07 Å². The summed E-state index contributed by atoms with van der Waals surface area (Å²) in [5, 5.41) is 13.2. The molecule has 0 amide bonds. The highest BCUT2D eigenvalue weighted by Crippen LogP contribution is 2.24. The summed E-state index contributed by atoms with van der Waals surface area (Å²) < 4.78 is 0. The molecule has 0 bridgehead atoms. The lowest BCUT2D eigenvalue weighted by Gasteiger charge is -2.12. The standard InChI is InChI=1S/C12H11ClN2O2/c1-7(12(16)17)15-10-4-5-14-11-6-8(13)2-3-9(10)11/h2-7H,1H3,(H,14,15)(H,16,17). The van der Waals surface area contributed by atoms with Crippen molar-refractivity contribution < 1.29 is 9.90 Å². The molecule has 0 saturated heterocycles. The predicted molar refractivity (Wildman–Crippen MR) is 67.5 cm³/mol. The van der Waals surface area contributed by atoms with Gasteiger partial charge in [0.05, 0.1) is 5.52 Å². The van der Waals surface area contributed by atoms with Crippen LogP contribution in [-0.4, -0.2) is 22.1 Å². The van der Waals surface area contributed by atoms with Crippen LogP contribution in [0, 0.1) is 0 Å². The van der Waals surface area contributed by atoms with Gasteiger partial charge in [0.1, 0.15) is 6.04 Å². The lowest BCUT2D eigenvalue weighted by Crippen LogP contribution is -2.25. The van der Waals surface area contributed by atoms with Crippen LogP contribution in [0.1, 0.15) is 6.92 Å². The van der Waals surface area contributed by atoms with Gasteiger partial charge in [0, 0.05) is 22.3 Å². The fourth-order valence-electron chi connectivity index (χ4n) is 1.54. The van der Waals surface area contributed by atoms with Crippen molar-refractivity contribution in [2.75, 3.05) is 5.32 Å². The van der Waals surface area contributed by atoms with E-state index in [-0.39, 0.29) is 0 Å². The van der Waals surface area contributed by atoms with Gasteiger partial charge < -0.3 is 10.4 Å². The minimum atomic E-state index is -0.899. The minimum absolute atomic E-state index is 0.605. The van der Waals surface area contributed by atoms with E-state index in [4.69, 9.17) is 16.7 Å². The zero-order valence-corrected chi connectivity index (χ0v) is 9.90. The van der Waals surface area contributed by atoms with Gasteiger partial charge in [-0.2, -0.15) is 0 Å². The van der Waals surface area contributed by atoms with Gasteiger partial charge in [0.2, 0.25) is 0 Å². The minimum Gasteiger partial charge on any atom is -0.480 e. The molecule has 0 saturated carbocycles. The number of nitrogens with zero attached hydrogens (tertiary/aromatic N) is 1. The Labute approximate surface area is 103 Å². The van der Waals surface area contributed by atoms with Crippen molar-refractivity contribution in [2.24, 2.45) is 0 Å². The third-order valence-corrected chi connectivity index (χ3v) is 2.68. The molecule has 5 heteroatoms. The first-order chi connectivity index (χ1) is 8.08. The molecule has 1 heterocycles. The molecule has 2 aromatic rings. The van der Waals surface area contributed by atoms with Crippen LogP contribution in [0.5, 0.6) is 0 Å². The number of hydrogen-bond acceptors (Lipinski definition) is 3. The molecule has 17 heavy (non-hydrogen) atoms. The van der Waals surface area contributed by atoms with Crippen molar-refractivity contribution >= 4 is 34.2 Å². The molecule has 4 nitrogen and oxygen atoms in total. The van der Waals surface area contributed by atoms with E-state index in [1.54, 1.807) is 31.3 Å². The molecule has 88 valence electrons. The summed E-state index contributed by atoms with van der Waals surface area (Å²) in [6.07, 6.45) is 1.62. The topological polar surface area (TPSA) is 62.2 Å². The first kappa shape index (κ1) is 11.7. The number of carboxylic acid groups (broad SMARTS) is 1. The van der Waals surface area contributed by atoms with Crippen molar-refractivity contribution in [3.8, 4) is 0 Å². The second kappa shape index (κ2) is 4.59. The van der Waals surface area contributed by atoms with Crippen LogP contribution < -0.4 is 5.32 Å². The number of aromatic nitrogens is 1. The normalized spacial score (nSPS) is 12.4. The summed E-state index contributed by atoms with van der Waals surface area (Å²) in [5.74, 6) is -0.899. The van der Waals surface area contributed by atoms with Crippen molar-refractivity contribution in [1.82, 2.24) is 4.98 Å². The van der Waals surface area contributed by atoms with Gasteiger partial charge >= 0.3 is 5.97 Å². The lowest BCUT2D eigenvalue weighted by atomic mass is 10.1. The zero-order valence-electron chi connectivity index (χ0n) is 9.14. The van der Waals surface area contributed by atoms with E-state index in [1.165, 1.54) is 0 Å². The highest BCUT2D eigenvalue weighted by molar-refractivity contribution is 6.31. The molecule has 1 aromatic heterocycles. The van der Waals surface area contributed by atoms with E-state index in [0.717, 1.165) is 16.6 Å². The number of hydrogen-bond donors (Lipinski definition) is 2. The Balaban J connectivity index is 2.44.